The maximum atomic E-state index is 12.2. The molecule has 0 saturated carbocycles. The molecule has 1 aromatic rings. The summed E-state index contributed by atoms with van der Waals surface area (Å²) in [6, 6.07) is 8.12. The minimum atomic E-state index is 0.0302. The molecule has 2 atom stereocenters. The van der Waals surface area contributed by atoms with Crippen molar-refractivity contribution < 1.29 is 4.79 Å². The summed E-state index contributed by atoms with van der Waals surface area (Å²) in [4.78, 5) is 14.2. The van der Waals surface area contributed by atoms with Gasteiger partial charge in [-0.2, -0.15) is 0 Å². The summed E-state index contributed by atoms with van der Waals surface area (Å²) in [6.07, 6.45) is 2.24. The van der Waals surface area contributed by atoms with Crippen molar-refractivity contribution in [3.05, 3.63) is 29.8 Å². The van der Waals surface area contributed by atoms with Crippen molar-refractivity contribution in [1.82, 2.24) is 4.90 Å². The minimum Gasteiger partial charge on any atom is -0.324 e. The molecular weight excluding hydrogens is 236 g/mol. The summed E-state index contributed by atoms with van der Waals surface area (Å²) >= 11 is 0. The van der Waals surface area contributed by atoms with Crippen LogP contribution in [0.2, 0.25) is 0 Å². The number of carbonyl (C=O) groups excluding carboxylic acids is 1. The number of aryl methyl sites for hydroxylation is 1. The molecule has 0 unspecified atom stereocenters. The third kappa shape index (κ3) is 3.72. The predicted octanol–water partition coefficient (Wildman–Crippen LogP) is 3.76. The van der Waals surface area contributed by atoms with Gasteiger partial charge in [-0.05, 0) is 42.4 Å². The van der Waals surface area contributed by atoms with Gasteiger partial charge in [-0.15, -0.1) is 0 Å². The summed E-state index contributed by atoms with van der Waals surface area (Å²) in [5.41, 5.74) is 2.17. The fourth-order valence-electron chi connectivity index (χ4n) is 2.86. The molecule has 2 rings (SSSR count). The first kappa shape index (κ1) is 13.9. The average Bonchev–Trinajstić information content (AvgIpc) is 2.38. The molecule has 0 spiro atoms. The van der Waals surface area contributed by atoms with E-state index in [0.29, 0.717) is 11.8 Å². The highest BCUT2D eigenvalue weighted by atomic mass is 16.2. The number of benzene rings is 1. The van der Waals surface area contributed by atoms with Crippen LogP contribution >= 0.6 is 0 Å². The topological polar surface area (TPSA) is 32.3 Å². The minimum absolute atomic E-state index is 0.0302. The van der Waals surface area contributed by atoms with Gasteiger partial charge in [0, 0.05) is 18.8 Å². The number of likely N-dealkylation sites (tertiary alicyclic amines) is 1. The number of anilines is 1. The molecule has 0 aromatic heterocycles. The highest BCUT2D eigenvalue weighted by molar-refractivity contribution is 5.89. The van der Waals surface area contributed by atoms with Crippen molar-refractivity contribution in [2.24, 2.45) is 11.8 Å². The second kappa shape index (κ2) is 6.09. The highest BCUT2D eigenvalue weighted by Crippen LogP contribution is 2.21. The van der Waals surface area contributed by atoms with Crippen LogP contribution in [-0.4, -0.2) is 24.0 Å². The zero-order chi connectivity index (χ0) is 13.8. The van der Waals surface area contributed by atoms with Gasteiger partial charge in [-0.3, -0.25) is 0 Å². The summed E-state index contributed by atoms with van der Waals surface area (Å²) in [5.74, 6) is 1.19. The zero-order valence-corrected chi connectivity index (χ0v) is 12.1. The van der Waals surface area contributed by atoms with E-state index in [1.54, 1.807) is 0 Å². The number of amides is 2. The molecule has 19 heavy (non-hydrogen) atoms. The van der Waals surface area contributed by atoms with E-state index in [-0.39, 0.29) is 6.03 Å². The lowest BCUT2D eigenvalue weighted by Gasteiger charge is -2.34. The Morgan fingerprint density at radius 3 is 2.32 bits per heavy atom. The van der Waals surface area contributed by atoms with Gasteiger partial charge in [0.1, 0.15) is 0 Å². The molecule has 1 saturated heterocycles. The van der Waals surface area contributed by atoms with Crippen LogP contribution in [0.5, 0.6) is 0 Å². The Morgan fingerprint density at radius 1 is 1.21 bits per heavy atom. The molecule has 2 amide bonds. The molecule has 1 aliphatic heterocycles. The van der Waals surface area contributed by atoms with Gasteiger partial charge in [0.15, 0.2) is 0 Å². The van der Waals surface area contributed by atoms with Crippen molar-refractivity contribution in [2.75, 3.05) is 18.4 Å². The Morgan fingerprint density at radius 2 is 1.79 bits per heavy atom. The summed E-state index contributed by atoms with van der Waals surface area (Å²) in [6.45, 7) is 8.29. The Balaban J connectivity index is 1.96. The van der Waals surface area contributed by atoms with Crippen molar-refractivity contribution in [3.63, 3.8) is 0 Å². The molecule has 1 fully saturated rings. The summed E-state index contributed by atoms with van der Waals surface area (Å²) in [5, 5.41) is 2.99. The van der Waals surface area contributed by atoms with Gasteiger partial charge < -0.3 is 10.2 Å². The molecule has 3 heteroatoms. The lowest BCUT2D eigenvalue weighted by atomic mass is 9.92. The molecule has 0 radical (unpaired) electrons. The lowest BCUT2D eigenvalue weighted by molar-refractivity contribution is 0.156. The van der Waals surface area contributed by atoms with Gasteiger partial charge in [0.25, 0.3) is 0 Å². The SMILES string of the molecule is CCc1ccc(NC(=O)N2C[C@H](C)C[C@H](C)C2)cc1. The number of piperidine rings is 1. The van der Waals surface area contributed by atoms with Crippen molar-refractivity contribution in [3.8, 4) is 0 Å². The third-order valence-electron chi connectivity index (χ3n) is 3.77. The van der Waals surface area contributed by atoms with Crippen LogP contribution in [0.15, 0.2) is 24.3 Å². The second-order valence-electron chi connectivity index (χ2n) is 5.83. The highest BCUT2D eigenvalue weighted by Gasteiger charge is 2.25. The third-order valence-corrected chi connectivity index (χ3v) is 3.77. The quantitative estimate of drug-likeness (QED) is 0.862. The molecule has 1 aromatic carbocycles. The van der Waals surface area contributed by atoms with E-state index >= 15 is 0 Å². The maximum absolute atomic E-state index is 12.2. The summed E-state index contributed by atoms with van der Waals surface area (Å²) in [7, 11) is 0. The first-order valence-electron chi connectivity index (χ1n) is 7.23. The number of rotatable bonds is 2. The van der Waals surface area contributed by atoms with Crippen LogP contribution in [-0.2, 0) is 6.42 Å². The van der Waals surface area contributed by atoms with Crippen LogP contribution in [0, 0.1) is 11.8 Å². The van der Waals surface area contributed by atoms with Crippen LogP contribution in [0.3, 0.4) is 0 Å². The predicted molar refractivity (Wildman–Crippen MR) is 79.4 cm³/mol. The van der Waals surface area contributed by atoms with Crippen LogP contribution in [0.25, 0.3) is 0 Å². The normalized spacial score (nSPS) is 23.2. The monoisotopic (exact) mass is 260 g/mol. The first-order chi connectivity index (χ1) is 9.08. The van der Waals surface area contributed by atoms with Crippen molar-refractivity contribution in [1.29, 1.82) is 0 Å². The number of hydrogen-bond donors (Lipinski definition) is 1. The van der Waals surface area contributed by atoms with Gasteiger partial charge >= 0.3 is 6.03 Å². The smallest absolute Gasteiger partial charge is 0.321 e. The van der Waals surface area contributed by atoms with E-state index in [0.717, 1.165) is 25.2 Å². The van der Waals surface area contributed by atoms with E-state index in [2.05, 4.69) is 38.2 Å². The largest absolute Gasteiger partial charge is 0.324 e. The van der Waals surface area contributed by atoms with Gasteiger partial charge in [0.05, 0.1) is 0 Å². The number of urea groups is 1. The molecule has 3 nitrogen and oxygen atoms in total. The molecule has 1 heterocycles. The maximum Gasteiger partial charge on any atom is 0.321 e. The fourth-order valence-corrected chi connectivity index (χ4v) is 2.86. The van der Waals surface area contributed by atoms with Gasteiger partial charge in [-0.25, -0.2) is 4.79 Å². The van der Waals surface area contributed by atoms with E-state index in [9.17, 15) is 4.79 Å². The van der Waals surface area contributed by atoms with Gasteiger partial charge in [-0.1, -0.05) is 32.9 Å². The van der Waals surface area contributed by atoms with Crippen LogP contribution in [0.1, 0.15) is 32.8 Å². The number of carbonyl (C=O) groups is 1. The summed E-state index contributed by atoms with van der Waals surface area (Å²) < 4.78 is 0. The molecule has 1 aliphatic rings. The zero-order valence-electron chi connectivity index (χ0n) is 12.1. The van der Waals surface area contributed by atoms with E-state index in [4.69, 9.17) is 0 Å². The standard InChI is InChI=1S/C16H24N2O/c1-4-14-5-7-15(8-6-14)17-16(19)18-10-12(2)9-13(3)11-18/h5-8,12-13H,4,9-11H2,1-3H3,(H,17,19)/t12-,13+. The molecule has 0 bridgehead atoms. The number of nitrogens with zero attached hydrogens (tertiary/aromatic N) is 1. The molecule has 1 N–H and O–H groups in total. The molecule has 104 valence electrons. The Hall–Kier alpha value is -1.51. The Labute approximate surface area is 116 Å². The molecular formula is C16H24N2O. The van der Waals surface area contributed by atoms with E-state index < -0.39 is 0 Å². The Bertz CT molecular complexity index is 417. The van der Waals surface area contributed by atoms with E-state index in [1.807, 2.05) is 17.0 Å². The number of nitrogens with one attached hydrogen (secondary N) is 1. The Kier molecular flexibility index (Phi) is 4.46. The van der Waals surface area contributed by atoms with Crippen LogP contribution in [0.4, 0.5) is 10.5 Å². The van der Waals surface area contributed by atoms with Crippen molar-refractivity contribution >= 4 is 11.7 Å². The first-order valence-corrected chi connectivity index (χ1v) is 7.23. The lowest BCUT2D eigenvalue weighted by Crippen LogP contribution is -2.44. The molecule has 0 aliphatic carbocycles. The van der Waals surface area contributed by atoms with Crippen LogP contribution < -0.4 is 5.32 Å². The van der Waals surface area contributed by atoms with Crippen molar-refractivity contribution in [2.45, 2.75) is 33.6 Å². The van der Waals surface area contributed by atoms with Gasteiger partial charge in [0.2, 0.25) is 0 Å². The van der Waals surface area contributed by atoms with E-state index in [1.165, 1.54) is 12.0 Å². The number of hydrogen-bond acceptors (Lipinski definition) is 1. The second-order valence-corrected chi connectivity index (χ2v) is 5.83. The fraction of sp³-hybridized carbons (Fsp3) is 0.562. The average molecular weight is 260 g/mol.